The highest BCUT2D eigenvalue weighted by Crippen LogP contribution is 2.65. The predicted molar refractivity (Wildman–Crippen MR) is 105 cm³/mol. The average Bonchev–Trinajstić information content (AvgIpc) is 2.43. The summed E-state index contributed by atoms with van der Waals surface area (Å²) in [5.74, 6) is 2.07. The van der Waals surface area contributed by atoms with Crippen LogP contribution in [0, 0.1) is 23.7 Å². The molecule has 0 spiro atoms. The van der Waals surface area contributed by atoms with Crippen LogP contribution in [0.3, 0.4) is 0 Å². The molecule has 0 aromatic heterocycles. The number of hydrogen-bond acceptors (Lipinski definition) is 2. The molecular weight excluding hydrogens is 300 g/mol. The smallest absolute Gasteiger partial charge is 0.351 e. The van der Waals surface area contributed by atoms with E-state index in [9.17, 15) is 0 Å². The van der Waals surface area contributed by atoms with Crippen LogP contribution in [0.25, 0.3) is 0 Å². The van der Waals surface area contributed by atoms with Gasteiger partial charge >= 0.3 is 8.56 Å². The highest BCUT2D eigenvalue weighted by atomic mass is 28.4. The van der Waals surface area contributed by atoms with Gasteiger partial charge in [-0.1, -0.05) is 69.2 Å². The molecule has 2 nitrogen and oxygen atoms in total. The van der Waals surface area contributed by atoms with Crippen molar-refractivity contribution in [3.8, 4) is 0 Å². The third-order valence-electron chi connectivity index (χ3n) is 6.91. The Kier molecular flexibility index (Phi) is 8.54. The largest absolute Gasteiger partial charge is 0.394 e. The van der Waals surface area contributed by atoms with Gasteiger partial charge in [0, 0.05) is 23.3 Å². The Morgan fingerprint density at radius 3 is 0.957 bits per heavy atom. The molecule has 3 heteroatoms. The summed E-state index contributed by atoms with van der Waals surface area (Å²) in [6.45, 7) is 29.4. The Morgan fingerprint density at radius 2 is 0.826 bits per heavy atom. The van der Waals surface area contributed by atoms with Crippen LogP contribution < -0.4 is 0 Å². The number of rotatable bonds is 10. The zero-order valence-corrected chi connectivity index (χ0v) is 19.0. The summed E-state index contributed by atoms with van der Waals surface area (Å²) in [4.78, 5) is 0. The zero-order chi connectivity index (χ0) is 18.6. The van der Waals surface area contributed by atoms with Crippen molar-refractivity contribution in [2.24, 2.45) is 23.7 Å². The van der Waals surface area contributed by atoms with Gasteiger partial charge in [-0.3, -0.25) is 0 Å². The maximum atomic E-state index is 6.76. The molecule has 0 amide bonds. The third kappa shape index (κ3) is 3.57. The maximum Gasteiger partial charge on any atom is 0.351 e. The molecule has 23 heavy (non-hydrogen) atoms. The summed E-state index contributed by atoms with van der Waals surface area (Å²) < 4.78 is 13.5. The van der Waals surface area contributed by atoms with Crippen LogP contribution in [-0.4, -0.2) is 21.8 Å². The molecule has 0 N–H and O–H groups in total. The van der Waals surface area contributed by atoms with Crippen LogP contribution in [0.15, 0.2) is 0 Å². The molecule has 0 aliphatic heterocycles. The van der Waals surface area contributed by atoms with E-state index in [0.717, 1.165) is 13.2 Å². The van der Waals surface area contributed by atoms with Gasteiger partial charge in [-0.25, -0.2) is 0 Å². The monoisotopic (exact) mass is 344 g/mol. The van der Waals surface area contributed by atoms with Crippen molar-refractivity contribution >= 4 is 8.56 Å². The molecule has 0 fully saturated rings. The van der Waals surface area contributed by atoms with Gasteiger partial charge in [0.15, 0.2) is 0 Å². The zero-order valence-electron chi connectivity index (χ0n) is 18.0. The van der Waals surface area contributed by atoms with Crippen molar-refractivity contribution in [1.82, 2.24) is 0 Å². The summed E-state index contributed by atoms with van der Waals surface area (Å²) in [6.07, 6.45) is 0. The fraction of sp³-hybridized carbons (Fsp3) is 1.00. The SMILES string of the molecule is CCO[Si](OCC)(C(C)(C(C)C)C(C)C)C(C)(C(C)C)C(C)C. The quantitative estimate of drug-likeness (QED) is 0.413. The van der Waals surface area contributed by atoms with E-state index >= 15 is 0 Å². The highest BCUT2D eigenvalue weighted by Gasteiger charge is 2.68. The Morgan fingerprint density at radius 1 is 0.609 bits per heavy atom. The maximum absolute atomic E-state index is 6.76. The second-order valence-electron chi connectivity index (χ2n) is 8.67. The van der Waals surface area contributed by atoms with Gasteiger partial charge in [-0.2, -0.15) is 0 Å². The number of hydrogen-bond donors (Lipinski definition) is 0. The Labute approximate surface area is 148 Å². The normalized spacial score (nSPS) is 14.6. The minimum absolute atomic E-state index is 0.0578. The Balaban J connectivity index is 6.74. The van der Waals surface area contributed by atoms with Crippen molar-refractivity contribution in [1.29, 1.82) is 0 Å². The van der Waals surface area contributed by atoms with Gasteiger partial charge in [-0.05, 0) is 37.5 Å². The lowest BCUT2D eigenvalue weighted by Crippen LogP contribution is -2.66. The van der Waals surface area contributed by atoms with Gasteiger partial charge in [0.1, 0.15) is 0 Å². The van der Waals surface area contributed by atoms with E-state index in [1.54, 1.807) is 0 Å². The van der Waals surface area contributed by atoms with Crippen LogP contribution in [0.5, 0.6) is 0 Å². The average molecular weight is 345 g/mol. The van der Waals surface area contributed by atoms with Gasteiger partial charge in [0.05, 0.1) is 0 Å². The van der Waals surface area contributed by atoms with E-state index in [-0.39, 0.29) is 10.1 Å². The summed E-state index contributed by atoms with van der Waals surface area (Å²) in [5, 5.41) is 0.116. The lowest BCUT2D eigenvalue weighted by Gasteiger charge is -2.60. The molecule has 0 aliphatic carbocycles. The molecule has 0 bridgehead atoms. The van der Waals surface area contributed by atoms with E-state index in [1.165, 1.54) is 0 Å². The molecule has 0 aromatic carbocycles. The second kappa shape index (κ2) is 8.49. The molecule has 0 radical (unpaired) electrons. The lowest BCUT2D eigenvalue weighted by molar-refractivity contribution is 0.0727. The van der Waals surface area contributed by atoms with E-state index in [4.69, 9.17) is 8.85 Å². The minimum Gasteiger partial charge on any atom is -0.394 e. The first-order chi connectivity index (χ1) is 10.4. The minimum atomic E-state index is -2.56. The first-order valence-electron chi connectivity index (χ1n) is 9.67. The van der Waals surface area contributed by atoms with Crippen LogP contribution >= 0.6 is 0 Å². The highest BCUT2D eigenvalue weighted by molar-refractivity contribution is 6.74. The first kappa shape index (κ1) is 23.1. The van der Waals surface area contributed by atoms with Gasteiger partial charge in [-0.15, -0.1) is 0 Å². The van der Waals surface area contributed by atoms with Gasteiger partial charge < -0.3 is 8.85 Å². The van der Waals surface area contributed by atoms with Crippen LogP contribution in [-0.2, 0) is 8.85 Å². The third-order valence-corrected chi connectivity index (χ3v) is 13.4. The summed E-state index contributed by atoms with van der Waals surface area (Å²) in [5.41, 5.74) is 0. The molecule has 0 rings (SSSR count). The second-order valence-corrected chi connectivity index (χ2v) is 12.6. The summed E-state index contributed by atoms with van der Waals surface area (Å²) in [7, 11) is -2.56. The van der Waals surface area contributed by atoms with E-state index < -0.39 is 8.56 Å². The molecule has 140 valence electrons. The molecule has 0 atom stereocenters. The lowest BCUT2D eigenvalue weighted by atomic mass is 9.84. The van der Waals surface area contributed by atoms with Crippen molar-refractivity contribution in [2.45, 2.75) is 93.2 Å². The van der Waals surface area contributed by atoms with Crippen LogP contribution in [0.4, 0.5) is 0 Å². The molecular formula is C20H44O2Si. The fourth-order valence-electron chi connectivity index (χ4n) is 4.50. The Bertz CT molecular complexity index is 298. The van der Waals surface area contributed by atoms with Crippen molar-refractivity contribution in [3.05, 3.63) is 0 Å². The van der Waals surface area contributed by atoms with Crippen molar-refractivity contribution in [2.75, 3.05) is 13.2 Å². The molecule has 0 heterocycles. The van der Waals surface area contributed by atoms with Gasteiger partial charge in [0.25, 0.3) is 0 Å². The molecule has 0 saturated heterocycles. The van der Waals surface area contributed by atoms with E-state index in [0.29, 0.717) is 23.7 Å². The molecule has 0 unspecified atom stereocenters. The fourth-order valence-corrected chi connectivity index (χ4v) is 10.8. The topological polar surface area (TPSA) is 18.5 Å². The predicted octanol–water partition coefficient (Wildman–Crippen LogP) is 6.65. The summed E-state index contributed by atoms with van der Waals surface area (Å²) in [6, 6.07) is 0. The van der Waals surface area contributed by atoms with E-state index in [2.05, 4.69) is 83.1 Å². The van der Waals surface area contributed by atoms with Crippen molar-refractivity contribution < 1.29 is 8.85 Å². The first-order valence-corrected chi connectivity index (χ1v) is 11.5. The summed E-state index contributed by atoms with van der Waals surface area (Å²) >= 11 is 0. The van der Waals surface area contributed by atoms with Crippen molar-refractivity contribution in [3.63, 3.8) is 0 Å². The Hall–Kier alpha value is 0.137. The molecule has 0 aromatic rings. The van der Waals surface area contributed by atoms with Gasteiger partial charge in [0.2, 0.25) is 0 Å². The van der Waals surface area contributed by atoms with E-state index in [1.807, 2.05) is 0 Å². The molecule has 0 aliphatic rings. The van der Waals surface area contributed by atoms with Crippen LogP contribution in [0.2, 0.25) is 10.1 Å². The molecule has 0 saturated carbocycles. The standard InChI is InChI=1S/C20H44O2Si/c1-13-21-23(22-14-2,19(11,15(3)4)16(5)6)20(12,17(7)8)18(9)10/h15-18H,13-14H2,1-12H3. The van der Waals surface area contributed by atoms with Crippen LogP contribution in [0.1, 0.15) is 83.1 Å².